The Hall–Kier alpha value is -1.40. The fourth-order valence-electron chi connectivity index (χ4n) is 0.994. The van der Waals surface area contributed by atoms with Gasteiger partial charge < -0.3 is 15.3 Å². The molecule has 0 heterocycles. The molecule has 0 aliphatic rings. The summed E-state index contributed by atoms with van der Waals surface area (Å²) in [5.41, 5.74) is 0. The molecule has 2 N–H and O–H groups in total. The number of aliphatic carboxylic acids is 1. The normalized spacial score (nSPS) is 14.9. The molecule has 2 atom stereocenters. The number of carboxylic acid groups (broad SMARTS) is 1. The molecular formula is C10H18F2N2O3. The van der Waals surface area contributed by atoms with E-state index in [1.165, 1.54) is 20.9 Å². The number of carbonyl (C=O) groups excluding carboxylic acids is 1. The zero-order valence-corrected chi connectivity index (χ0v) is 10.3. The maximum absolute atomic E-state index is 12.8. The topological polar surface area (TPSA) is 69.6 Å². The van der Waals surface area contributed by atoms with Crippen LogP contribution >= 0.6 is 0 Å². The Labute approximate surface area is 98.8 Å². The SMILES string of the molecule is CC(CN(C)C(=O)NC(C)C(C)(F)F)C(=O)O. The second-order valence-electron chi connectivity index (χ2n) is 4.25. The van der Waals surface area contributed by atoms with Crippen molar-refractivity contribution < 1.29 is 23.5 Å². The number of rotatable bonds is 5. The molecular weight excluding hydrogens is 234 g/mol. The molecule has 0 spiro atoms. The molecule has 0 rings (SSSR count). The van der Waals surface area contributed by atoms with Crippen LogP contribution in [0.1, 0.15) is 20.8 Å². The third kappa shape index (κ3) is 5.46. The Morgan fingerprint density at radius 2 is 1.88 bits per heavy atom. The van der Waals surface area contributed by atoms with Crippen LogP contribution in [0.5, 0.6) is 0 Å². The molecule has 5 nitrogen and oxygen atoms in total. The fraction of sp³-hybridized carbons (Fsp3) is 0.800. The van der Waals surface area contributed by atoms with Crippen LogP contribution in [-0.2, 0) is 4.79 Å². The summed E-state index contributed by atoms with van der Waals surface area (Å²) >= 11 is 0. The highest BCUT2D eigenvalue weighted by Gasteiger charge is 2.32. The highest BCUT2D eigenvalue weighted by atomic mass is 19.3. The monoisotopic (exact) mass is 252 g/mol. The average Bonchev–Trinajstić information content (AvgIpc) is 2.15. The molecule has 2 amide bonds. The van der Waals surface area contributed by atoms with Crippen LogP contribution in [0, 0.1) is 5.92 Å². The molecule has 0 saturated heterocycles. The summed E-state index contributed by atoms with van der Waals surface area (Å²) in [6.07, 6.45) is 0. The van der Waals surface area contributed by atoms with Crippen molar-refractivity contribution in [1.29, 1.82) is 0 Å². The molecule has 7 heteroatoms. The molecule has 2 unspecified atom stereocenters. The first-order valence-electron chi connectivity index (χ1n) is 5.18. The van der Waals surface area contributed by atoms with Crippen LogP contribution in [0.4, 0.5) is 13.6 Å². The van der Waals surface area contributed by atoms with Crippen LogP contribution in [0.15, 0.2) is 0 Å². The van der Waals surface area contributed by atoms with Crippen LogP contribution in [0.2, 0.25) is 0 Å². The lowest BCUT2D eigenvalue weighted by atomic mass is 10.2. The number of nitrogens with zero attached hydrogens (tertiary/aromatic N) is 1. The Balaban J connectivity index is 4.29. The van der Waals surface area contributed by atoms with Gasteiger partial charge in [0.1, 0.15) is 0 Å². The van der Waals surface area contributed by atoms with Crippen LogP contribution < -0.4 is 5.32 Å². The number of hydrogen-bond donors (Lipinski definition) is 2. The third-order valence-electron chi connectivity index (χ3n) is 2.42. The number of carbonyl (C=O) groups is 2. The molecule has 0 fully saturated rings. The lowest BCUT2D eigenvalue weighted by molar-refractivity contribution is -0.141. The largest absolute Gasteiger partial charge is 0.481 e. The van der Waals surface area contributed by atoms with Crippen LogP contribution in [-0.4, -0.2) is 47.6 Å². The van der Waals surface area contributed by atoms with Crippen molar-refractivity contribution in [3.63, 3.8) is 0 Å². The number of urea groups is 1. The number of alkyl halides is 2. The summed E-state index contributed by atoms with van der Waals surface area (Å²) in [5.74, 6) is -4.81. The predicted octanol–water partition coefficient (Wildman–Crippen LogP) is 1.39. The molecule has 0 aliphatic carbocycles. The van der Waals surface area contributed by atoms with Gasteiger partial charge in [-0.1, -0.05) is 6.92 Å². The molecule has 100 valence electrons. The van der Waals surface area contributed by atoms with Crippen molar-refractivity contribution in [2.75, 3.05) is 13.6 Å². The average molecular weight is 252 g/mol. The quantitative estimate of drug-likeness (QED) is 0.776. The maximum atomic E-state index is 12.8. The van der Waals surface area contributed by atoms with Crippen molar-refractivity contribution in [2.24, 2.45) is 5.92 Å². The van der Waals surface area contributed by atoms with Crippen LogP contribution in [0.3, 0.4) is 0 Å². The van der Waals surface area contributed by atoms with E-state index in [4.69, 9.17) is 5.11 Å². The first-order chi connectivity index (χ1) is 7.55. The number of nitrogens with one attached hydrogen (secondary N) is 1. The van der Waals surface area contributed by atoms with Crippen molar-refractivity contribution in [3.05, 3.63) is 0 Å². The Morgan fingerprint density at radius 3 is 2.24 bits per heavy atom. The molecule has 0 aromatic heterocycles. The molecule has 0 radical (unpaired) electrons. The predicted molar refractivity (Wildman–Crippen MR) is 58.0 cm³/mol. The Morgan fingerprint density at radius 1 is 1.41 bits per heavy atom. The van der Waals surface area contributed by atoms with E-state index in [-0.39, 0.29) is 6.54 Å². The van der Waals surface area contributed by atoms with E-state index in [1.807, 2.05) is 0 Å². The Kier molecular flexibility index (Phi) is 5.31. The minimum atomic E-state index is -3.02. The molecule has 0 aromatic carbocycles. The molecule has 0 aromatic rings. The second-order valence-corrected chi connectivity index (χ2v) is 4.25. The number of carboxylic acids is 1. The highest BCUT2D eigenvalue weighted by molar-refractivity contribution is 5.76. The van der Waals surface area contributed by atoms with Gasteiger partial charge in [-0.2, -0.15) is 0 Å². The molecule has 0 aliphatic heterocycles. The van der Waals surface area contributed by atoms with Crippen molar-refractivity contribution >= 4 is 12.0 Å². The van der Waals surface area contributed by atoms with Gasteiger partial charge in [0, 0.05) is 20.5 Å². The minimum absolute atomic E-state index is 0.0385. The zero-order chi connectivity index (χ0) is 13.8. The third-order valence-corrected chi connectivity index (χ3v) is 2.42. The summed E-state index contributed by atoms with van der Waals surface area (Å²) in [4.78, 5) is 23.1. The smallest absolute Gasteiger partial charge is 0.317 e. The fourth-order valence-corrected chi connectivity index (χ4v) is 0.994. The van der Waals surface area contributed by atoms with E-state index >= 15 is 0 Å². The zero-order valence-electron chi connectivity index (χ0n) is 10.3. The van der Waals surface area contributed by atoms with Crippen molar-refractivity contribution in [3.8, 4) is 0 Å². The van der Waals surface area contributed by atoms with Crippen molar-refractivity contribution in [2.45, 2.75) is 32.7 Å². The van der Waals surface area contributed by atoms with E-state index < -0.39 is 29.9 Å². The van der Waals surface area contributed by atoms with E-state index in [0.29, 0.717) is 6.92 Å². The number of hydrogen-bond acceptors (Lipinski definition) is 2. The maximum Gasteiger partial charge on any atom is 0.317 e. The van der Waals surface area contributed by atoms with E-state index in [1.54, 1.807) is 0 Å². The van der Waals surface area contributed by atoms with Crippen LogP contribution in [0.25, 0.3) is 0 Å². The second kappa shape index (κ2) is 5.79. The summed E-state index contributed by atoms with van der Waals surface area (Å²) in [7, 11) is 1.36. The first-order valence-corrected chi connectivity index (χ1v) is 5.18. The molecule has 0 bridgehead atoms. The number of amides is 2. The van der Waals surface area contributed by atoms with E-state index in [0.717, 1.165) is 4.90 Å². The lowest BCUT2D eigenvalue weighted by Crippen LogP contribution is -2.49. The van der Waals surface area contributed by atoms with E-state index in [9.17, 15) is 18.4 Å². The molecule has 17 heavy (non-hydrogen) atoms. The molecule has 0 saturated carbocycles. The lowest BCUT2D eigenvalue weighted by Gasteiger charge is -2.25. The van der Waals surface area contributed by atoms with Gasteiger partial charge in [-0.15, -0.1) is 0 Å². The summed E-state index contributed by atoms with van der Waals surface area (Å²) < 4.78 is 25.6. The van der Waals surface area contributed by atoms with Gasteiger partial charge >= 0.3 is 12.0 Å². The minimum Gasteiger partial charge on any atom is -0.481 e. The Bertz CT molecular complexity index is 292. The van der Waals surface area contributed by atoms with Gasteiger partial charge in [-0.25, -0.2) is 13.6 Å². The highest BCUT2D eigenvalue weighted by Crippen LogP contribution is 2.16. The van der Waals surface area contributed by atoms with Gasteiger partial charge in [-0.3, -0.25) is 4.79 Å². The standard InChI is InChI=1S/C10H18F2N2O3/c1-6(8(15)16)5-14(4)9(17)13-7(2)10(3,11)12/h6-7H,5H2,1-4H3,(H,13,17)(H,15,16). The first kappa shape index (κ1) is 15.6. The van der Waals surface area contributed by atoms with Gasteiger partial charge in [0.05, 0.1) is 12.0 Å². The summed E-state index contributed by atoms with van der Waals surface area (Å²) in [5, 5.41) is 10.8. The van der Waals surface area contributed by atoms with Gasteiger partial charge in [0.25, 0.3) is 5.92 Å². The van der Waals surface area contributed by atoms with Gasteiger partial charge in [0.15, 0.2) is 0 Å². The summed E-state index contributed by atoms with van der Waals surface area (Å²) in [6, 6.07) is -2.02. The van der Waals surface area contributed by atoms with Crippen molar-refractivity contribution in [1.82, 2.24) is 10.2 Å². The van der Waals surface area contributed by atoms with E-state index in [2.05, 4.69) is 5.32 Å². The van der Waals surface area contributed by atoms with Gasteiger partial charge in [0.2, 0.25) is 0 Å². The summed E-state index contributed by atoms with van der Waals surface area (Å²) in [6.45, 7) is 3.29. The van der Waals surface area contributed by atoms with Gasteiger partial charge in [-0.05, 0) is 6.92 Å². The number of halogens is 2.